The Bertz CT molecular complexity index is 435. The lowest BCUT2D eigenvalue weighted by Gasteiger charge is -2.07. The zero-order valence-corrected chi connectivity index (χ0v) is 11.5. The van der Waals surface area contributed by atoms with Crippen LogP contribution in [0.15, 0.2) is 12.1 Å². The summed E-state index contributed by atoms with van der Waals surface area (Å²) in [5.74, 6) is 0.733. The zero-order valence-electron chi connectivity index (χ0n) is 10.0. The number of hydrogen-bond acceptors (Lipinski definition) is 2. The number of nitrogens with two attached hydrogens (primary N) is 1. The molecule has 1 aromatic carbocycles. The Balaban J connectivity index is 1.87. The number of halogens is 2. The second-order valence-electron chi connectivity index (χ2n) is 4.70. The minimum absolute atomic E-state index is 0.158. The third-order valence-electron chi connectivity index (χ3n) is 3.11. The fourth-order valence-electron chi connectivity index (χ4n) is 1.82. The van der Waals surface area contributed by atoms with Crippen LogP contribution in [0.2, 0.25) is 10.0 Å². The molecule has 0 aromatic heterocycles. The predicted molar refractivity (Wildman–Crippen MR) is 75.2 cm³/mol. The first-order valence-electron chi connectivity index (χ1n) is 6.10. The van der Waals surface area contributed by atoms with Gasteiger partial charge in [0.1, 0.15) is 0 Å². The van der Waals surface area contributed by atoms with Gasteiger partial charge in [0, 0.05) is 12.1 Å². The highest BCUT2D eigenvalue weighted by molar-refractivity contribution is 6.39. The van der Waals surface area contributed by atoms with Crippen molar-refractivity contribution in [1.82, 2.24) is 5.32 Å². The van der Waals surface area contributed by atoms with Crippen molar-refractivity contribution in [1.29, 1.82) is 0 Å². The second-order valence-corrected chi connectivity index (χ2v) is 5.51. The van der Waals surface area contributed by atoms with Gasteiger partial charge in [-0.3, -0.25) is 4.79 Å². The van der Waals surface area contributed by atoms with E-state index in [2.05, 4.69) is 5.32 Å². The van der Waals surface area contributed by atoms with Gasteiger partial charge in [0.25, 0.3) is 5.91 Å². The molecule has 1 aromatic rings. The summed E-state index contributed by atoms with van der Waals surface area (Å²) in [5, 5.41) is 3.48. The normalized spacial score (nSPS) is 14.6. The van der Waals surface area contributed by atoms with Crippen LogP contribution in [0.25, 0.3) is 0 Å². The van der Waals surface area contributed by atoms with E-state index in [4.69, 9.17) is 28.9 Å². The molecule has 0 saturated heterocycles. The number of amides is 1. The Hall–Kier alpha value is -0.930. The van der Waals surface area contributed by atoms with Crippen LogP contribution in [-0.4, -0.2) is 12.5 Å². The average Bonchev–Trinajstić information content (AvgIpc) is 3.14. The monoisotopic (exact) mass is 286 g/mol. The summed E-state index contributed by atoms with van der Waals surface area (Å²) in [6, 6.07) is 3.08. The summed E-state index contributed by atoms with van der Waals surface area (Å²) in [4.78, 5) is 11.9. The molecule has 1 amide bonds. The van der Waals surface area contributed by atoms with Gasteiger partial charge in [0.2, 0.25) is 0 Å². The molecule has 0 unspecified atom stereocenters. The lowest BCUT2D eigenvalue weighted by atomic mass is 10.2. The van der Waals surface area contributed by atoms with E-state index in [1.54, 1.807) is 12.1 Å². The van der Waals surface area contributed by atoms with Crippen molar-refractivity contribution in [2.75, 3.05) is 12.3 Å². The van der Waals surface area contributed by atoms with E-state index in [1.807, 2.05) is 0 Å². The summed E-state index contributed by atoms with van der Waals surface area (Å²) in [6.45, 7) is 0.689. The standard InChI is InChI=1S/C13H16Cl2N2O/c14-10-6-9(7-11(15)12(10)16)13(18)17-5-1-2-8-3-4-8/h6-8H,1-5,16H2,(H,17,18). The van der Waals surface area contributed by atoms with Gasteiger partial charge < -0.3 is 11.1 Å². The SMILES string of the molecule is Nc1c(Cl)cc(C(=O)NCCCC2CC2)cc1Cl. The quantitative estimate of drug-likeness (QED) is 0.643. The van der Waals surface area contributed by atoms with Crippen LogP contribution in [0.5, 0.6) is 0 Å². The highest BCUT2D eigenvalue weighted by Crippen LogP contribution is 2.33. The molecule has 2 rings (SSSR count). The van der Waals surface area contributed by atoms with E-state index in [0.29, 0.717) is 27.8 Å². The first kappa shape index (κ1) is 13.5. The van der Waals surface area contributed by atoms with Crippen molar-refractivity contribution in [3.63, 3.8) is 0 Å². The molecule has 0 aliphatic heterocycles. The number of rotatable bonds is 5. The maximum atomic E-state index is 11.9. The lowest BCUT2D eigenvalue weighted by molar-refractivity contribution is 0.0953. The van der Waals surface area contributed by atoms with Gasteiger partial charge >= 0.3 is 0 Å². The predicted octanol–water partition coefficient (Wildman–Crippen LogP) is 3.50. The molecule has 0 bridgehead atoms. The van der Waals surface area contributed by atoms with Crippen LogP contribution in [0.3, 0.4) is 0 Å². The Morgan fingerprint density at radius 1 is 1.33 bits per heavy atom. The Morgan fingerprint density at radius 3 is 2.50 bits per heavy atom. The van der Waals surface area contributed by atoms with E-state index in [0.717, 1.165) is 12.3 Å². The largest absolute Gasteiger partial charge is 0.396 e. The third kappa shape index (κ3) is 3.53. The van der Waals surface area contributed by atoms with Crippen LogP contribution in [0.1, 0.15) is 36.0 Å². The van der Waals surface area contributed by atoms with E-state index >= 15 is 0 Å². The Labute approximate surface area is 117 Å². The van der Waals surface area contributed by atoms with Gasteiger partial charge in [-0.05, 0) is 30.9 Å². The molecule has 3 nitrogen and oxygen atoms in total. The first-order chi connectivity index (χ1) is 8.58. The average molecular weight is 287 g/mol. The number of nitrogen functional groups attached to an aromatic ring is 1. The molecule has 18 heavy (non-hydrogen) atoms. The van der Waals surface area contributed by atoms with Gasteiger partial charge in [-0.1, -0.05) is 36.0 Å². The summed E-state index contributed by atoms with van der Waals surface area (Å²) >= 11 is 11.8. The molecule has 98 valence electrons. The van der Waals surface area contributed by atoms with Crippen molar-refractivity contribution >= 4 is 34.8 Å². The van der Waals surface area contributed by atoms with E-state index < -0.39 is 0 Å². The second kappa shape index (κ2) is 5.81. The van der Waals surface area contributed by atoms with E-state index in [9.17, 15) is 4.79 Å². The van der Waals surface area contributed by atoms with Crippen LogP contribution >= 0.6 is 23.2 Å². The maximum absolute atomic E-state index is 11.9. The van der Waals surface area contributed by atoms with Gasteiger partial charge in [-0.2, -0.15) is 0 Å². The zero-order chi connectivity index (χ0) is 13.1. The van der Waals surface area contributed by atoms with Crippen molar-refractivity contribution in [3.8, 4) is 0 Å². The van der Waals surface area contributed by atoms with Gasteiger partial charge in [-0.15, -0.1) is 0 Å². The van der Waals surface area contributed by atoms with Crippen LogP contribution in [0.4, 0.5) is 5.69 Å². The lowest BCUT2D eigenvalue weighted by Crippen LogP contribution is -2.24. The van der Waals surface area contributed by atoms with E-state index in [-0.39, 0.29) is 5.91 Å². The number of nitrogens with one attached hydrogen (secondary N) is 1. The molecule has 1 fully saturated rings. The first-order valence-corrected chi connectivity index (χ1v) is 6.86. The number of carbonyl (C=O) groups is 1. The maximum Gasteiger partial charge on any atom is 0.251 e. The highest BCUT2D eigenvalue weighted by Gasteiger charge is 2.20. The minimum Gasteiger partial charge on any atom is -0.396 e. The number of anilines is 1. The number of carbonyl (C=O) groups excluding carboxylic acids is 1. The van der Waals surface area contributed by atoms with Gasteiger partial charge in [-0.25, -0.2) is 0 Å². The molecule has 0 atom stereocenters. The fourth-order valence-corrected chi connectivity index (χ4v) is 2.30. The van der Waals surface area contributed by atoms with Gasteiger partial charge in [0.05, 0.1) is 15.7 Å². The van der Waals surface area contributed by atoms with Crippen molar-refractivity contribution in [2.24, 2.45) is 5.92 Å². The molecule has 5 heteroatoms. The smallest absolute Gasteiger partial charge is 0.251 e. The van der Waals surface area contributed by atoms with Gasteiger partial charge in [0.15, 0.2) is 0 Å². The Morgan fingerprint density at radius 2 is 1.94 bits per heavy atom. The third-order valence-corrected chi connectivity index (χ3v) is 3.74. The summed E-state index contributed by atoms with van der Waals surface area (Å²) in [6.07, 6.45) is 4.91. The number of benzene rings is 1. The summed E-state index contributed by atoms with van der Waals surface area (Å²) < 4.78 is 0. The van der Waals surface area contributed by atoms with Crippen LogP contribution < -0.4 is 11.1 Å². The molecule has 0 heterocycles. The Kier molecular flexibility index (Phi) is 4.36. The summed E-state index contributed by atoms with van der Waals surface area (Å²) in [5.41, 5.74) is 6.38. The molecule has 1 saturated carbocycles. The molecule has 3 N–H and O–H groups in total. The van der Waals surface area contributed by atoms with Crippen molar-refractivity contribution < 1.29 is 4.79 Å². The number of hydrogen-bond donors (Lipinski definition) is 2. The molecule has 0 radical (unpaired) electrons. The molecule has 1 aliphatic rings. The van der Waals surface area contributed by atoms with Crippen molar-refractivity contribution in [3.05, 3.63) is 27.7 Å². The van der Waals surface area contributed by atoms with Crippen LogP contribution in [-0.2, 0) is 0 Å². The molecule has 0 spiro atoms. The minimum atomic E-state index is -0.158. The summed E-state index contributed by atoms with van der Waals surface area (Å²) in [7, 11) is 0. The van der Waals surface area contributed by atoms with E-state index in [1.165, 1.54) is 19.3 Å². The fraction of sp³-hybridized carbons (Fsp3) is 0.462. The highest BCUT2D eigenvalue weighted by atomic mass is 35.5. The molecular formula is C13H16Cl2N2O. The molecule has 1 aliphatic carbocycles. The van der Waals surface area contributed by atoms with Crippen LogP contribution in [0, 0.1) is 5.92 Å². The molecular weight excluding hydrogens is 271 g/mol. The van der Waals surface area contributed by atoms with Crippen molar-refractivity contribution in [2.45, 2.75) is 25.7 Å². The topological polar surface area (TPSA) is 55.1 Å².